The average Bonchev–Trinajstić information content (AvgIpc) is 2.58. The van der Waals surface area contributed by atoms with Crippen LogP contribution in [0.4, 0.5) is 21.5 Å². The summed E-state index contributed by atoms with van der Waals surface area (Å²) in [7, 11) is 0. The summed E-state index contributed by atoms with van der Waals surface area (Å²) in [6.45, 7) is 6.24. The molecule has 2 rings (SSSR count). The molecule has 0 aliphatic rings. The molecule has 6 heteroatoms. The van der Waals surface area contributed by atoms with E-state index in [0.29, 0.717) is 5.69 Å². The molecule has 0 aliphatic carbocycles. The van der Waals surface area contributed by atoms with E-state index in [1.54, 1.807) is 0 Å². The summed E-state index contributed by atoms with van der Waals surface area (Å²) >= 11 is 5.69. The van der Waals surface area contributed by atoms with E-state index >= 15 is 0 Å². The third-order valence-corrected chi connectivity index (χ3v) is 3.94. The van der Waals surface area contributed by atoms with E-state index < -0.39 is 5.82 Å². The lowest BCUT2D eigenvalue weighted by atomic mass is 10.2. The first-order valence-electron chi connectivity index (χ1n) is 7.87. The minimum absolute atomic E-state index is 0.0206. The quantitative estimate of drug-likeness (QED) is 0.779. The van der Waals surface area contributed by atoms with E-state index in [1.165, 1.54) is 18.2 Å². The molecule has 0 heterocycles. The third kappa shape index (κ3) is 4.86. The smallest absolute Gasteiger partial charge is 0.243 e. The van der Waals surface area contributed by atoms with Gasteiger partial charge in [-0.2, -0.15) is 0 Å². The van der Waals surface area contributed by atoms with Crippen LogP contribution in [0.2, 0.25) is 5.02 Å². The Hall–Kier alpha value is -2.27. The van der Waals surface area contributed by atoms with Crippen molar-refractivity contribution in [3.8, 4) is 0 Å². The predicted molar refractivity (Wildman–Crippen MR) is 98.5 cm³/mol. The number of anilines is 3. The second kappa shape index (κ2) is 8.55. The van der Waals surface area contributed by atoms with Crippen molar-refractivity contribution in [2.75, 3.05) is 35.2 Å². The lowest BCUT2D eigenvalue weighted by Crippen LogP contribution is -2.22. The van der Waals surface area contributed by atoms with E-state index in [0.717, 1.165) is 24.5 Å². The Morgan fingerprint density at radius 2 is 1.71 bits per heavy atom. The van der Waals surface area contributed by atoms with Gasteiger partial charge in [0.25, 0.3) is 0 Å². The van der Waals surface area contributed by atoms with E-state index in [4.69, 9.17) is 11.6 Å². The summed E-state index contributed by atoms with van der Waals surface area (Å²) in [5, 5.41) is 5.70. The first-order chi connectivity index (χ1) is 11.5. The molecule has 4 nitrogen and oxygen atoms in total. The first-order valence-corrected chi connectivity index (χ1v) is 8.25. The Morgan fingerprint density at radius 1 is 1.08 bits per heavy atom. The predicted octanol–water partition coefficient (Wildman–Crippen LogP) is 4.38. The van der Waals surface area contributed by atoms with Gasteiger partial charge >= 0.3 is 0 Å². The van der Waals surface area contributed by atoms with Crippen LogP contribution in [0.1, 0.15) is 13.8 Å². The zero-order chi connectivity index (χ0) is 17.5. The van der Waals surface area contributed by atoms with Gasteiger partial charge in [0, 0.05) is 30.2 Å². The number of amides is 1. The van der Waals surface area contributed by atoms with E-state index in [2.05, 4.69) is 29.4 Å². The summed E-state index contributed by atoms with van der Waals surface area (Å²) in [6, 6.07) is 12.0. The van der Waals surface area contributed by atoms with Crippen LogP contribution in [0.25, 0.3) is 0 Å². The molecule has 2 aromatic rings. The molecule has 0 radical (unpaired) electrons. The maximum absolute atomic E-state index is 13.1. The van der Waals surface area contributed by atoms with Gasteiger partial charge in [0.1, 0.15) is 5.82 Å². The van der Waals surface area contributed by atoms with Crippen molar-refractivity contribution >= 4 is 34.6 Å². The van der Waals surface area contributed by atoms with Crippen molar-refractivity contribution < 1.29 is 9.18 Å². The molecule has 0 bridgehead atoms. The van der Waals surface area contributed by atoms with Gasteiger partial charge in [0.15, 0.2) is 0 Å². The maximum Gasteiger partial charge on any atom is 0.243 e. The highest BCUT2D eigenvalue weighted by Crippen LogP contribution is 2.20. The fourth-order valence-electron chi connectivity index (χ4n) is 2.34. The fraction of sp³-hybridized carbons (Fsp3) is 0.278. The molecule has 0 atom stereocenters. The average molecular weight is 350 g/mol. The summed E-state index contributed by atoms with van der Waals surface area (Å²) < 4.78 is 13.1. The standard InChI is InChI=1S/C18H21ClFN3O/c1-3-23(4-2)15-8-5-13(6-9-15)21-12-18(24)22-14-7-10-17(20)16(19)11-14/h5-11,21H,3-4,12H2,1-2H3,(H,22,24). The van der Waals surface area contributed by atoms with E-state index in [9.17, 15) is 9.18 Å². The molecule has 24 heavy (non-hydrogen) atoms. The topological polar surface area (TPSA) is 44.4 Å². The van der Waals surface area contributed by atoms with Crippen LogP contribution in [0.3, 0.4) is 0 Å². The SMILES string of the molecule is CCN(CC)c1ccc(NCC(=O)Nc2ccc(F)c(Cl)c2)cc1. The normalized spacial score (nSPS) is 10.3. The summed E-state index contributed by atoms with van der Waals surface area (Å²) in [4.78, 5) is 14.2. The molecule has 0 spiro atoms. The molecule has 0 saturated heterocycles. The highest BCUT2D eigenvalue weighted by atomic mass is 35.5. The number of carbonyl (C=O) groups excluding carboxylic acids is 1. The van der Waals surface area contributed by atoms with Gasteiger partial charge in [-0.15, -0.1) is 0 Å². The molecule has 0 aliphatic heterocycles. The van der Waals surface area contributed by atoms with Crippen molar-refractivity contribution in [1.29, 1.82) is 0 Å². The number of nitrogens with one attached hydrogen (secondary N) is 2. The number of rotatable bonds is 7. The fourth-order valence-corrected chi connectivity index (χ4v) is 2.52. The molecular formula is C18H21ClFN3O. The Labute approximate surface area is 146 Å². The van der Waals surface area contributed by atoms with Gasteiger partial charge in [-0.3, -0.25) is 4.79 Å². The summed E-state index contributed by atoms with van der Waals surface area (Å²) in [5.74, 6) is -0.744. The Bertz CT molecular complexity index is 687. The maximum atomic E-state index is 13.1. The van der Waals surface area contributed by atoms with Crippen molar-refractivity contribution in [3.63, 3.8) is 0 Å². The van der Waals surface area contributed by atoms with Crippen LogP contribution in [0.15, 0.2) is 42.5 Å². The lowest BCUT2D eigenvalue weighted by Gasteiger charge is -2.21. The van der Waals surface area contributed by atoms with Gasteiger partial charge in [-0.1, -0.05) is 11.6 Å². The molecule has 1 amide bonds. The van der Waals surface area contributed by atoms with E-state index in [1.807, 2.05) is 24.3 Å². The van der Waals surface area contributed by atoms with Gasteiger partial charge in [-0.25, -0.2) is 4.39 Å². The zero-order valence-electron chi connectivity index (χ0n) is 13.8. The van der Waals surface area contributed by atoms with Crippen LogP contribution >= 0.6 is 11.6 Å². The molecule has 2 N–H and O–H groups in total. The van der Waals surface area contributed by atoms with Gasteiger partial charge < -0.3 is 15.5 Å². The van der Waals surface area contributed by atoms with E-state index in [-0.39, 0.29) is 17.5 Å². The van der Waals surface area contributed by atoms with Crippen molar-refractivity contribution in [1.82, 2.24) is 0 Å². The number of halogens is 2. The minimum Gasteiger partial charge on any atom is -0.376 e. The Balaban J connectivity index is 1.88. The number of hydrogen-bond acceptors (Lipinski definition) is 3. The first kappa shape index (κ1) is 18.1. The van der Waals surface area contributed by atoms with Crippen molar-refractivity contribution in [2.24, 2.45) is 0 Å². The molecule has 0 aromatic heterocycles. The summed E-state index contributed by atoms with van der Waals surface area (Å²) in [6.07, 6.45) is 0. The zero-order valence-corrected chi connectivity index (χ0v) is 14.5. The van der Waals surface area contributed by atoms with Gasteiger partial charge in [0.05, 0.1) is 11.6 Å². The van der Waals surface area contributed by atoms with Crippen LogP contribution in [-0.2, 0) is 4.79 Å². The highest BCUT2D eigenvalue weighted by molar-refractivity contribution is 6.31. The monoisotopic (exact) mass is 349 g/mol. The lowest BCUT2D eigenvalue weighted by molar-refractivity contribution is -0.114. The molecule has 128 valence electrons. The Morgan fingerprint density at radius 3 is 2.29 bits per heavy atom. The van der Waals surface area contributed by atoms with Gasteiger partial charge in [-0.05, 0) is 56.3 Å². The largest absolute Gasteiger partial charge is 0.376 e. The molecule has 2 aromatic carbocycles. The van der Waals surface area contributed by atoms with Crippen molar-refractivity contribution in [3.05, 3.63) is 53.3 Å². The number of hydrogen-bond donors (Lipinski definition) is 2. The van der Waals surface area contributed by atoms with Crippen LogP contribution < -0.4 is 15.5 Å². The molecule has 0 unspecified atom stereocenters. The molecular weight excluding hydrogens is 329 g/mol. The van der Waals surface area contributed by atoms with Gasteiger partial charge in [0.2, 0.25) is 5.91 Å². The van der Waals surface area contributed by atoms with Crippen LogP contribution in [0.5, 0.6) is 0 Å². The minimum atomic E-state index is -0.513. The van der Waals surface area contributed by atoms with Crippen LogP contribution in [0, 0.1) is 5.82 Å². The third-order valence-electron chi connectivity index (χ3n) is 3.65. The number of nitrogens with zero attached hydrogens (tertiary/aromatic N) is 1. The number of benzene rings is 2. The second-order valence-corrected chi connectivity index (χ2v) is 5.66. The highest BCUT2D eigenvalue weighted by Gasteiger charge is 2.06. The molecule has 0 saturated carbocycles. The van der Waals surface area contributed by atoms with Crippen molar-refractivity contribution in [2.45, 2.75) is 13.8 Å². The second-order valence-electron chi connectivity index (χ2n) is 5.25. The number of carbonyl (C=O) groups is 1. The van der Waals surface area contributed by atoms with Crippen LogP contribution in [-0.4, -0.2) is 25.5 Å². The summed E-state index contributed by atoms with van der Waals surface area (Å²) in [5.41, 5.74) is 2.47. The molecule has 0 fully saturated rings. The Kier molecular flexibility index (Phi) is 6.44.